The zero-order valence-electron chi connectivity index (χ0n) is 10.2. The molecule has 5 nitrogen and oxygen atoms in total. The number of aromatic hydroxyl groups is 2. The van der Waals surface area contributed by atoms with Gasteiger partial charge in [0.15, 0.2) is 0 Å². The molecule has 0 aliphatic carbocycles. The number of ether oxygens (including phenoxy) is 2. The van der Waals surface area contributed by atoms with E-state index < -0.39 is 5.97 Å². The molecule has 1 aromatic carbocycles. The molecule has 1 aliphatic rings. The van der Waals surface area contributed by atoms with Crippen LogP contribution in [-0.2, 0) is 9.47 Å². The Morgan fingerprint density at radius 1 is 1.50 bits per heavy atom. The molecule has 1 aliphatic heterocycles. The second-order valence-corrected chi connectivity index (χ2v) is 4.12. The van der Waals surface area contributed by atoms with Crippen LogP contribution in [0.3, 0.4) is 0 Å². The molecule has 98 valence electrons. The predicted molar refractivity (Wildman–Crippen MR) is 63.7 cm³/mol. The van der Waals surface area contributed by atoms with E-state index in [-0.39, 0.29) is 35.3 Å². The summed E-state index contributed by atoms with van der Waals surface area (Å²) in [5, 5.41) is 19.9. The lowest BCUT2D eigenvalue weighted by Crippen LogP contribution is -2.07. The summed E-state index contributed by atoms with van der Waals surface area (Å²) in [6.07, 6.45) is 1.22. The van der Waals surface area contributed by atoms with E-state index >= 15 is 0 Å². The first-order valence-corrected chi connectivity index (χ1v) is 5.98. The number of hydrogen-bond donors (Lipinski definition) is 2. The van der Waals surface area contributed by atoms with Gasteiger partial charge in [-0.3, -0.25) is 0 Å². The number of carbonyl (C=O) groups excluding carboxylic acids is 1. The molecule has 0 aromatic heterocycles. The van der Waals surface area contributed by atoms with Crippen molar-refractivity contribution in [1.82, 2.24) is 0 Å². The third-order valence-corrected chi connectivity index (χ3v) is 2.94. The molecule has 1 saturated heterocycles. The van der Waals surface area contributed by atoms with Crippen molar-refractivity contribution in [2.24, 2.45) is 0 Å². The highest BCUT2D eigenvalue weighted by atomic mass is 16.5. The number of rotatable bonds is 3. The Bertz CT molecular complexity index is 449. The van der Waals surface area contributed by atoms with E-state index in [4.69, 9.17) is 9.47 Å². The standard InChI is InChI=1S/C13H16O5/c1-2-17-13(16)8-5-6-9(14)11(12(8)15)10-4-3-7-18-10/h5-6,10,14-15H,2-4,7H2,1H3. The Morgan fingerprint density at radius 3 is 2.89 bits per heavy atom. The number of esters is 1. The minimum atomic E-state index is -0.603. The van der Waals surface area contributed by atoms with Gasteiger partial charge in [0.2, 0.25) is 0 Å². The molecule has 1 unspecified atom stereocenters. The average Bonchev–Trinajstić information content (AvgIpc) is 2.83. The Balaban J connectivity index is 2.39. The lowest BCUT2D eigenvalue weighted by molar-refractivity contribution is 0.0521. The Hall–Kier alpha value is -1.75. The highest BCUT2D eigenvalue weighted by Crippen LogP contribution is 2.41. The fraction of sp³-hybridized carbons (Fsp3) is 0.462. The molecule has 0 amide bonds. The van der Waals surface area contributed by atoms with Gasteiger partial charge >= 0.3 is 5.97 Å². The van der Waals surface area contributed by atoms with Crippen molar-refractivity contribution in [3.05, 3.63) is 23.3 Å². The van der Waals surface area contributed by atoms with Crippen LogP contribution in [0.2, 0.25) is 0 Å². The Labute approximate surface area is 105 Å². The van der Waals surface area contributed by atoms with Crippen molar-refractivity contribution < 1.29 is 24.5 Å². The third kappa shape index (κ3) is 2.26. The molecule has 1 atom stereocenters. The van der Waals surface area contributed by atoms with Gasteiger partial charge in [-0.05, 0) is 31.9 Å². The first-order valence-electron chi connectivity index (χ1n) is 5.98. The van der Waals surface area contributed by atoms with Crippen LogP contribution in [0.5, 0.6) is 11.5 Å². The summed E-state index contributed by atoms with van der Waals surface area (Å²) in [7, 11) is 0. The van der Waals surface area contributed by atoms with E-state index in [0.717, 1.165) is 6.42 Å². The highest BCUT2D eigenvalue weighted by molar-refractivity contribution is 5.93. The second-order valence-electron chi connectivity index (χ2n) is 4.12. The highest BCUT2D eigenvalue weighted by Gasteiger charge is 2.27. The summed E-state index contributed by atoms with van der Waals surface area (Å²) in [5.74, 6) is -0.915. The predicted octanol–water partition coefficient (Wildman–Crippen LogP) is 2.13. The summed E-state index contributed by atoms with van der Waals surface area (Å²) in [5.41, 5.74) is 0.332. The zero-order valence-corrected chi connectivity index (χ0v) is 10.2. The summed E-state index contributed by atoms with van der Waals surface area (Å²) in [6, 6.07) is 2.73. The van der Waals surface area contributed by atoms with Crippen LogP contribution in [-0.4, -0.2) is 29.4 Å². The van der Waals surface area contributed by atoms with Crippen molar-refractivity contribution in [3.8, 4) is 11.5 Å². The van der Waals surface area contributed by atoms with Crippen LogP contribution in [0.15, 0.2) is 12.1 Å². The fourth-order valence-corrected chi connectivity index (χ4v) is 2.09. The van der Waals surface area contributed by atoms with E-state index in [9.17, 15) is 15.0 Å². The van der Waals surface area contributed by atoms with Gasteiger partial charge in [-0.2, -0.15) is 0 Å². The molecule has 2 rings (SSSR count). The van der Waals surface area contributed by atoms with Gasteiger partial charge in [0.25, 0.3) is 0 Å². The normalized spacial score (nSPS) is 18.8. The minimum Gasteiger partial charge on any atom is -0.507 e. The smallest absolute Gasteiger partial charge is 0.341 e. The van der Waals surface area contributed by atoms with E-state index in [1.165, 1.54) is 12.1 Å². The number of phenolic OH excluding ortho intramolecular Hbond substituents is 2. The molecule has 0 bridgehead atoms. The summed E-state index contributed by atoms with van der Waals surface area (Å²) in [6.45, 7) is 2.51. The maximum absolute atomic E-state index is 11.6. The molecule has 18 heavy (non-hydrogen) atoms. The van der Waals surface area contributed by atoms with E-state index in [1.54, 1.807) is 6.92 Å². The van der Waals surface area contributed by atoms with Crippen LogP contribution >= 0.6 is 0 Å². The monoisotopic (exact) mass is 252 g/mol. The molecular formula is C13H16O5. The van der Waals surface area contributed by atoms with Crippen LogP contribution in [0.25, 0.3) is 0 Å². The average molecular weight is 252 g/mol. The van der Waals surface area contributed by atoms with Gasteiger partial charge in [0.1, 0.15) is 17.1 Å². The zero-order chi connectivity index (χ0) is 13.1. The molecule has 1 heterocycles. The minimum absolute atomic E-state index is 0.0557. The SMILES string of the molecule is CCOC(=O)c1ccc(O)c(C2CCCO2)c1O. The van der Waals surface area contributed by atoms with E-state index in [0.29, 0.717) is 13.0 Å². The summed E-state index contributed by atoms with van der Waals surface area (Å²) >= 11 is 0. The molecule has 5 heteroatoms. The maximum atomic E-state index is 11.6. The largest absolute Gasteiger partial charge is 0.507 e. The third-order valence-electron chi connectivity index (χ3n) is 2.94. The van der Waals surface area contributed by atoms with Crippen molar-refractivity contribution in [1.29, 1.82) is 0 Å². The van der Waals surface area contributed by atoms with Crippen molar-refractivity contribution in [3.63, 3.8) is 0 Å². The van der Waals surface area contributed by atoms with Gasteiger partial charge in [-0.1, -0.05) is 0 Å². The molecule has 2 N–H and O–H groups in total. The quantitative estimate of drug-likeness (QED) is 0.806. The van der Waals surface area contributed by atoms with Gasteiger partial charge in [-0.15, -0.1) is 0 Å². The van der Waals surface area contributed by atoms with Crippen LogP contribution < -0.4 is 0 Å². The van der Waals surface area contributed by atoms with E-state index in [1.807, 2.05) is 0 Å². The first kappa shape index (κ1) is 12.7. The van der Waals surface area contributed by atoms with Gasteiger partial charge in [0.05, 0.1) is 18.3 Å². The van der Waals surface area contributed by atoms with Crippen LogP contribution in [0.4, 0.5) is 0 Å². The summed E-state index contributed by atoms with van der Waals surface area (Å²) < 4.78 is 10.3. The number of phenols is 2. The molecule has 1 aromatic rings. The van der Waals surface area contributed by atoms with E-state index in [2.05, 4.69) is 0 Å². The first-order chi connectivity index (χ1) is 8.65. The topological polar surface area (TPSA) is 76.0 Å². The van der Waals surface area contributed by atoms with Crippen LogP contribution in [0, 0.1) is 0 Å². The molecular weight excluding hydrogens is 236 g/mol. The number of benzene rings is 1. The van der Waals surface area contributed by atoms with Crippen LogP contribution in [0.1, 0.15) is 41.8 Å². The molecule has 0 radical (unpaired) electrons. The van der Waals surface area contributed by atoms with Crippen molar-refractivity contribution in [2.45, 2.75) is 25.9 Å². The molecule has 1 fully saturated rings. The summed E-state index contributed by atoms with van der Waals surface area (Å²) in [4.78, 5) is 11.6. The number of carbonyl (C=O) groups is 1. The Kier molecular flexibility index (Phi) is 3.72. The van der Waals surface area contributed by atoms with Gasteiger partial charge < -0.3 is 19.7 Å². The number of hydrogen-bond acceptors (Lipinski definition) is 5. The van der Waals surface area contributed by atoms with Gasteiger partial charge in [0, 0.05) is 6.61 Å². The van der Waals surface area contributed by atoms with Crippen molar-refractivity contribution in [2.75, 3.05) is 13.2 Å². The lowest BCUT2D eigenvalue weighted by atomic mass is 10.0. The second kappa shape index (κ2) is 5.27. The molecule has 0 saturated carbocycles. The molecule has 0 spiro atoms. The maximum Gasteiger partial charge on any atom is 0.341 e. The Morgan fingerprint density at radius 2 is 2.28 bits per heavy atom. The lowest BCUT2D eigenvalue weighted by Gasteiger charge is -2.15. The van der Waals surface area contributed by atoms with Gasteiger partial charge in [-0.25, -0.2) is 4.79 Å². The van der Waals surface area contributed by atoms with Crippen molar-refractivity contribution >= 4 is 5.97 Å². The fourth-order valence-electron chi connectivity index (χ4n) is 2.09.